The van der Waals surface area contributed by atoms with Gasteiger partial charge in [0.25, 0.3) is 5.91 Å². The maximum absolute atomic E-state index is 13.1. The smallest absolute Gasteiger partial charge is 0.254 e. The number of carbonyl (C=O) groups excluding carboxylic acids is 1. The second-order valence-corrected chi connectivity index (χ2v) is 6.76. The molecule has 0 unspecified atom stereocenters. The Labute approximate surface area is 158 Å². The number of hydrogen-bond acceptors (Lipinski definition) is 4. The van der Waals surface area contributed by atoms with Crippen LogP contribution in [-0.4, -0.2) is 35.5 Å². The molecule has 1 heterocycles. The molecule has 1 aliphatic rings. The number of halogens is 1. The Bertz CT molecular complexity index is 763. The van der Waals surface area contributed by atoms with Crippen LogP contribution in [0.4, 0.5) is 0 Å². The van der Waals surface area contributed by atoms with Gasteiger partial charge in [0.2, 0.25) is 0 Å². The molecule has 0 N–H and O–H groups in total. The van der Waals surface area contributed by atoms with E-state index in [0.717, 1.165) is 24.8 Å². The lowest BCUT2D eigenvalue weighted by atomic mass is 10.1. The average Bonchev–Trinajstić information content (AvgIpc) is 3.50. The van der Waals surface area contributed by atoms with Gasteiger partial charge in [-0.3, -0.25) is 9.78 Å². The predicted octanol–water partition coefficient (Wildman–Crippen LogP) is 4.34. The molecule has 3 rings (SSSR count). The summed E-state index contributed by atoms with van der Waals surface area (Å²) in [6, 6.07) is 7.51. The Morgan fingerprint density at radius 1 is 1.31 bits per heavy atom. The van der Waals surface area contributed by atoms with Gasteiger partial charge in [-0.2, -0.15) is 0 Å². The van der Waals surface area contributed by atoms with E-state index in [9.17, 15) is 4.79 Å². The summed E-state index contributed by atoms with van der Waals surface area (Å²) in [5.74, 6) is 0.917. The Kier molecular flexibility index (Phi) is 5.99. The maximum atomic E-state index is 13.1. The van der Waals surface area contributed by atoms with Crippen molar-refractivity contribution in [2.75, 3.05) is 13.7 Å². The molecule has 1 amide bonds. The van der Waals surface area contributed by atoms with Gasteiger partial charge in [-0.25, -0.2) is 0 Å². The molecular weight excluding hydrogens is 352 g/mol. The summed E-state index contributed by atoms with van der Waals surface area (Å²) < 4.78 is 11.1. The van der Waals surface area contributed by atoms with Crippen molar-refractivity contribution < 1.29 is 14.3 Å². The lowest BCUT2D eigenvalue weighted by molar-refractivity contribution is 0.0729. The van der Waals surface area contributed by atoms with Crippen LogP contribution in [0.25, 0.3) is 0 Å². The van der Waals surface area contributed by atoms with Crippen molar-refractivity contribution in [3.05, 3.63) is 52.8 Å². The second kappa shape index (κ2) is 8.41. The number of pyridine rings is 1. The zero-order valence-corrected chi connectivity index (χ0v) is 15.8. The normalized spacial score (nSPS) is 13.3. The van der Waals surface area contributed by atoms with E-state index in [1.54, 1.807) is 31.6 Å². The number of amides is 1. The van der Waals surface area contributed by atoms with Crippen molar-refractivity contribution in [3.63, 3.8) is 0 Å². The molecule has 1 fully saturated rings. The maximum Gasteiger partial charge on any atom is 0.254 e. The van der Waals surface area contributed by atoms with E-state index >= 15 is 0 Å². The Morgan fingerprint density at radius 2 is 2.04 bits per heavy atom. The van der Waals surface area contributed by atoms with Crippen LogP contribution < -0.4 is 9.47 Å². The first-order valence-corrected chi connectivity index (χ1v) is 9.22. The molecule has 0 aliphatic heterocycles. The molecule has 0 bridgehead atoms. The highest BCUT2D eigenvalue weighted by molar-refractivity contribution is 6.32. The first kappa shape index (κ1) is 18.5. The van der Waals surface area contributed by atoms with Gasteiger partial charge in [0.1, 0.15) is 0 Å². The molecule has 26 heavy (non-hydrogen) atoms. The first-order valence-electron chi connectivity index (χ1n) is 8.84. The fraction of sp³-hybridized carbons (Fsp3) is 0.400. The molecule has 1 aromatic heterocycles. The lowest BCUT2D eigenvalue weighted by Gasteiger charge is -2.23. The number of aromatic nitrogens is 1. The first-order chi connectivity index (χ1) is 12.6. The van der Waals surface area contributed by atoms with Crippen molar-refractivity contribution in [2.24, 2.45) is 0 Å². The van der Waals surface area contributed by atoms with E-state index in [1.807, 2.05) is 24.0 Å². The third kappa shape index (κ3) is 4.28. The van der Waals surface area contributed by atoms with E-state index in [0.29, 0.717) is 35.2 Å². The summed E-state index contributed by atoms with van der Waals surface area (Å²) in [7, 11) is 1.55. The SMILES string of the molecule is CCCOc1c(Cl)cc(C(=O)N(Cc2ccncc2)C2CC2)cc1OC. The van der Waals surface area contributed by atoms with Crippen LogP contribution in [0.1, 0.15) is 42.1 Å². The van der Waals surface area contributed by atoms with Crippen molar-refractivity contribution in [3.8, 4) is 11.5 Å². The van der Waals surface area contributed by atoms with Gasteiger partial charge in [0.05, 0.1) is 18.7 Å². The van der Waals surface area contributed by atoms with Crippen LogP contribution in [0.15, 0.2) is 36.7 Å². The van der Waals surface area contributed by atoms with Crippen molar-refractivity contribution >= 4 is 17.5 Å². The zero-order valence-electron chi connectivity index (χ0n) is 15.1. The third-order valence-corrected chi connectivity index (χ3v) is 4.56. The number of carbonyl (C=O) groups is 1. The molecule has 1 aliphatic carbocycles. The van der Waals surface area contributed by atoms with E-state index in [-0.39, 0.29) is 11.9 Å². The monoisotopic (exact) mass is 374 g/mol. The van der Waals surface area contributed by atoms with Gasteiger partial charge in [-0.15, -0.1) is 0 Å². The fourth-order valence-electron chi connectivity index (χ4n) is 2.79. The van der Waals surface area contributed by atoms with Gasteiger partial charge in [-0.1, -0.05) is 18.5 Å². The van der Waals surface area contributed by atoms with Crippen LogP contribution in [0.2, 0.25) is 5.02 Å². The van der Waals surface area contributed by atoms with Crippen LogP contribution in [0.3, 0.4) is 0 Å². The quantitative estimate of drug-likeness (QED) is 0.689. The highest BCUT2D eigenvalue weighted by Gasteiger charge is 2.33. The minimum atomic E-state index is -0.0495. The van der Waals surface area contributed by atoms with E-state index < -0.39 is 0 Å². The molecule has 138 valence electrons. The molecule has 1 aromatic carbocycles. The van der Waals surface area contributed by atoms with Crippen molar-refractivity contribution in [1.82, 2.24) is 9.88 Å². The molecule has 1 saturated carbocycles. The molecule has 0 radical (unpaired) electrons. The van der Waals surface area contributed by atoms with Crippen LogP contribution >= 0.6 is 11.6 Å². The number of ether oxygens (including phenoxy) is 2. The summed E-state index contributed by atoms with van der Waals surface area (Å²) in [6.07, 6.45) is 6.40. The summed E-state index contributed by atoms with van der Waals surface area (Å²) >= 11 is 6.37. The number of benzene rings is 1. The minimum Gasteiger partial charge on any atom is -0.493 e. The molecule has 0 saturated heterocycles. The van der Waals surface area contributed by atoms with Crippen LogP contribution in [-0.2, 0) is 6.54 Å². The average molecular weight is 375 g/mol. The molecule has 0 atom stereocenters. The molecule has 5 nitrogen and oxygen atoms in total. The Hall–Kier alpha value is -2.27. The summed E-state index contributed by atoms with van der Waals surface area (Å²) in [4.78, 5) is 19.1. The van der Waals surface area contributed by atoms with Gasteiger partial charge in [0, 0.05) is 30.5 Å². The number of methoxy groups -OCH3 is 1. The van der Waals surface area contributed by atoms with E-state index in [4.69, 9.17) is 21.1 Å². The molecule has 6 heteroatoms. The molecular formula is C20H23ClN2O3. The predicted molar refractivity (Wildman–Crippen MR) is 101 cm³/mol. The highest BCUT2D eigenvalue weighted by Crippen LogP contribution is 2.38. The van der Waals surface area contributed by atoms with Crippen molar-refractivity contribution in [2.45, 2.75) is 38.8 Å². The topological polar surface area (TPSA) is 51.7 Å². The Balaban J connectivity index is 1.86. The zero-order chi connectivity index (χ0) is 18.5. The number of rotatable bonds is 8. The highest BCUT2D eigenvalue weighted by atomic mass is 35.5. The van der Waals surface area contributed by atoms with Crippen LogP contribution in [0, 0.1) is 0 Å². The number of nitrogens with zero attached hydrogens (tertiary/aromatic N) is 2. The standard InChI is InChI=1S/C20H23ClN2O3/c1-3-10-26-19-17(21)11-15(12-18(19)25-2)20(24)23(16-4-5-16)13-14-6-8-22-9-7-14/h6-9,11-12,16H,3-5,10,13H2,1-2H3. The molecule has 2 aromatic rings. The van der Waals surface area contributed by atoms with Crippen molar-refractivity contribution in [1.29, 1.82) is 0 Å². The van der Waals surface area contributed by atoms with Gasteiger partial charge in [0.15, 0.2) is 11.5 Å². The van der Waals surface area contributed by atoms with Gasteiger partial charge >= 0.3 is 0 Å². The minimum absolute atomic E-state index is 0.0495. The second-order valence-electron chi connectivity index (χ2n) is 6.36. The fourth-order valence-corrected chi connectivity index (χ4v) is 3.06. The number of hydrogen-bond donors (Lipinski definition) is 0. The van der Waals surface area contributed by atoms with Crippen LogP contribution in [0.5, 0.6) is 11.5 Å². The third-order valence-electron chi connectivity index (χ3n) is 4.28. The van der Waals surface area contributed by atoms with Gasteiger partial charge in [-0.05, 0) is 49.1 Å². The lowest BCUT2D eigenvalue weighted by Crippen LogP contribution is -2.32. The Morgan fingerprint density at radius 3 is 2.65 bits per heavy atom. The van der Waals surface area contributed by atoms with E-state index in [2.05, 4.69) is 4.98 Å². The molecule has 0 spiro atoms. The summed E-state index contributed by atoms with van der Waals surface area (Å²) in [5, 5.41) is 0.390. The largest absolute Gasteiger partial charge is 0.493 e. The van der Waals surface area contributed by atoms with E-state index in [1.165, 1.54) is 0 Å². The summed E-state index contributed by atoms with van der Waals surface area (Å²) in [6.45, 7) is 3.12. The summed E-state index contributed by atoms with van der Waals surface area (Å²) in [5.41, 5.74) is 1.57. The van der Waals surface area contributed by atoms with Gasteiger partial charge < -0.3 is 14.4 Å².